The second kappa shape index (κ2) is 10.1. The third-order valence-corrected chi connectivity index (χ3v) is 5.89. The number of carbonyl (C=O) groups is 2. The third kappa shape index (κ3) is 5.74. The Morgan fingerprint density at radius 3 is 2.22 bits per heavy atom. The van der Waals surface area contributed by atoms with Crippen LogP contribution in [0.3, 0.4) is 0 Å². The summed E-state index contributed by atoms with van der Waals surface area (Å²) in [6, 6.07) is 2.87. The Labute approximate surface area is 193 Å². The number of hydrogen-bond acceptors (Lipinski definition) is 5. The molecule has 1 aromatic carbocycles. The van der Waals surface area contributed by atoms with Crippen molar-refractivity contribution in [2.24, 2.45) is 5.41 Å². The lowest BCUT2D eigenvalue weighted by Crippen LogP contribution is -2.50. The van der Waals surface area contributed by atoms with E-state index >= 15 is 0 Å². The van der Waals surface area contributed by atoms with Crippen molar-refractivity contribution in [3.05, 3.63) is 23.3 Å². The summed E-state index contributed by atoms with van der Waals surface area (Å²) < 4.78 is 11.0. The zero-order valence-corrected chi connectivity index (χ0v) is 21.3. The summed E-state index contributed by atoms with van der Waals surface area (Å²) in [7, 11) is 3.06. The maximum absolute atomic E-state index is 13.6. The van der Waals surface area contributed by atoms with Crippen LogP contribution in [0.15, 0.2) is 12.1 Å². The first-order valence-corrected chi connectivity index (χ1v) is 11.5. The molecule has 180 valence electrons. The Kier molecular flexibility index (Phi) is 8.21. The molecule has 2 amide bonds. The molecule has 2 rings (SSSR count). The number of nitrogens with one attached hydrogen (secondary N) is 1. The molecule has 1 aromatic rings. The quantitative estimate of drug-likeness (QED) is 0.590. The number of hydrogen-bond donors (Lipinski definition) is 1. The number of amides is 2. The van der Waals surface area contributed by atoms with E-state index in [1.807, 2.05) is 19.9 Å². The molecule has 1 atom stereocenters. The van der Waals surface area contributed by atoms with Crippen molar-refractivity contribution in [2.75, 3.05) is 40.4 Å². The lowest BCUT2D eigenvalue weighted by Gasteiger charge is -2.35. The van der Waals surface area contributed by atoms with Crippen molar-refractivity contribution in [2.45, 2.75) is 66.5 Å². The maximum atomic E-state index is 13.6. The highest BCUT2D eigenvalue weighted by Gasteiger charge is 2.45. The fourth-order valence-electron chi connectivity index (χ4n) is 4.89. The van der Waals surface area contributed by atoms with E-state index < -0.39 is 11.6 Å². The van der Waals surface area contributed by atoms with Crippen molar-refractivity contribution in [1.82, 2.24) is 15.1 Å². The molecule has 1 aliphatic rings. The smallest absolute Gasteiger partial charge is 0.259 e. The van der Waals surface area contributed by atoms with E-state index in [1.165, 1.54) is 7.11 Å². The summed E-state index contributed by atoms with van der Waals surface area (Å²) in [6.07, 6.45) is 0.810. The minimum absolute atomic E-state index is 0.0548. The van der Waals surface area contributed by atoms with Crippen LogP contribution in [0.4, 0.5) is 0 Å². The first kappa shape index (κ1) is 26.0. The van der Waals surface area contributed by atoms with Crippen LogP contribution in [0.1, 0.15) is 76.9 Å². The molecule has 1 unspecified atom stereocenters. The van der Waals surface area contributed by atoms with Crippen molar-refractivity contribution < 1.29 is 19.1 Å². The van der Waals surface area contributed by atoms with Gasteiger partial charge >= 0.3 is 0 Å². The molecule has 0 aromatic heterocycles. The van der Waals surface area contributed by atoms with Gasteiger partial charge in [-0.1, -0.05) is 40.7 Å². The molecule has 0 aliphatic carbocycles. The van der Waals surface area contributed by atoms with E-state index in [9.17, 15) is 9.59 Å². The Morgan fingerprint density at radius 2 is 1.72 bits per heavy atom. The minimum Gasteiger partial charge on any atom is -0.493 e. The molecule has 7 nitrogen and oxygen atoms in total. The molecular weight excluding hydrogens is 406 g/mol. The lowest BCUT2D eigenvalue weighted by molar-refractivity contribution is -0.127. The van der Waals surface area contributed by atoms with Crippen LogP contribution < -0.4 is 14.8 Å². The number of carbonyl (C=O) groups excluding carboxylic acids is 2. The van der Waals surface area contributed by atoms with Crippen molar-refractivity contribution >= 4 is 11.8 Å². The van der Waals surface area contributed by atoms with Crippen LogP contribution in [0.25, 0.3) is 0 Å². The standard InChI is InChI=1S/C25H41N3O4/c1-10-27(11-2)14-15-28-20(22(29)26-25(6,7)16-24(3,4)5)17-12-13-18(31-8)21(32-9)19(17)23(28)30/h12-13,20H,10-11,14-16H2,1-9H3,(H,26,29). The molecular formula is C25H41N3O4. The van der Waals surface area contributed by atoms with Crippen LogP contribution in [0.5, 0.6) is 11.5 Å². The average molecular weight is 448 g/mol. The van der Waals surface area contributed by atoms with Gasteiger partial charge < -0.3 is 24.6 Å². The fourth-order valence-corrected chi connectivity index (χ4v) is 4.89. The summed E-state index contributed by atoms with van der Waals surface area (Å²) in [5, 5.41) is 3.21. The number of likely N-dealkylation sites (N-methyl/N-ethyl adjacent to an activating group) is 1. The van der Waals surface area contributed by atoms with Gasteiger partial charge in [-0.05, 0) is 44.8 Å². The molecule has 0 saturated heterocycles. The predicted molar refractivity (Wildman–Crippen MR) is 127 cm³/mol. The SMILES string of the molecule is CCN(CC)CCN1C(=O)c2c(ccc(OC)c2OC)C1C(=O)NC(C)(C)CC(C)(C)C. The van der Waals surface area contributed by atoms with Crippen LogP contribution >= 0.6 is 0 Å². The Bertz CT molecular complexity index is 825. The van der Waals surface area contributed by atoms with Gasteiger partial charge in [-0.25, -0.2) is 0 Å². The van der Waals surface area contributed by atoms with Gasteiger partial charge in [0, 0.05) is 24.2 Å². The topological polar surface area (TPSA) is 71.1 Å². The second-order valence-corrected chi connectivity index (χ2v) is 10.3. The molecule has 0 radical (unpaired) electrons. The van der Waals surface area contributed by atoms with Gasteiger partial charge in [0.15, 0.2) is 11.5 Å². The van der Waals surface area contributed by atoms with E-state index in [4.69, 9.17) is 9.47 Å². The zero-order valence-electron chi connectivity index (χ0n) is 21.3. The summed E-state index contributed by atoms with van der Waals surface area (Å²) in [5.74, 6) is 0.499. The Hall–Kier alpha value is -2.28. The van der Waals surface area contributed by atoms with E-state index in [0.29, 0.717) is 35.7 Å². The number of fused-ring (bicyclic) bond motifs is 1. The highest BCUT2D eigenvalue weighted by atomic mass is 16.5. The molecule has 1 N–H and O–H groups in total. The minimum atomic E-state index is -0.702. The van der Waals surface area contributed by atoms with Crippen LogP contribution in [-0.4, -0.2) is 67.6 Å². The molecule has 32 heavy (non-hydrogen) atoms. The average Bonchev–Trinajstić information content (AvgIpc) is 2.97. The molecule has 0 fully saturated rings. The summed E-state index contributed by atoms with van der Waals surface area (Å²) >= 11 is 0. The van der Waals surface area contributed by atoms with Gasteiger partial charge in [0.25, 0.3) is 5.91 Å². The van der Waals surface area contributed by atoms with Crippen LogP contribution in [-0.2, 0) is 4.79 Å². The van der Waals surface area contributed by atoms with Crippen LogP contribution in [0.2, 0.25) is 0 Å². The van der Waals surface area contributed by atoms with Crippen molar-refractivity contribution in [3.63, 3.8) is 0 Å². The van der Waals surface area contributed by atoms with Crippen LogP contribution in [0, 0.1) is 5.41 Å². The largest absolute Gasteiger partial charge is 0.493 e. The van der Waals surface area contributed by atoms with Gasteiger partial charge in [0.2, 0.25) is 5.91 Å². The summed E-state index contributed by atoms with van der Waals surface area (Å²) in [5.41, 5.74) is 0.720. The van der Waals surface area contributed by atoms with Crippen molar-refractivity contribution in [1.29, 1.82) is 0 Å². The zero-order chi connectivity index (χ0) is 24.3. The number of nitrogens with zero attached hydrogens (tertiary/aromatic N) is 2. The second-order valence-electron chi connectivity index (χ2n) is 10.3. The fraction of sp³-hybridized carbons (Fsp3) is 0.680. The van der Waals surface area contributed by atoms with Gasteiger partial charge in [-0.2, -0.15) is 0 Å². The van der Waals surface area contributed by atoms with Crippen molar-refractivity contribution in [3.8, 4) is 11.5 Å². The number of methoxy groups -OCH3 is 2. The number of rotatable bonds is 10. The highest BCUT2D eigenvalue weighted by Crippen LogP contribution is 2.43. The summed E-state index contributed by atoms with van der Waals surface area (Å²) in [6.45, 7) is 17.6. The molecule has 0 spiro atoms. The number of benzene rings is 1. The van der Waals surface area contributed by atoms with E-state index in [1.54, 1.807) is 18.1 Å². The normalized spacial score (nSPS) is 16.4. The van der Waals surface area contributed by atoms with E-state index in [-0.39, 0.29) is 17.2 Å². The van der Waals surface area contributed by atoms with Gasteiger partial charge in [0.05, 0.1) is 19.8 Å². The molecule has 0 bridgehead atoms. The Morgan fingerprint density at radius 1 is 1.09 bits per heavy atom. The predicted octanol–water partition coefficient (Wildman–Crippen LogP) is 3.87. The molecule has 0 saturated carbocycles. The monoisotopic (exact) mass is 447 g/mol. The third-order valence-electron chi connectivity index (χ3n) is 5.89. The molecule has 7 heteroatoms. The molecule has 1 aliphatic heterocycles. The Balaban J connectivity index is 2.46. The van der Waals surface area contributed by atoms with Gasteiger partial charge in [-0.3, -0.25) is 9.59 Å². The summed E-state index contributed by atoms with van der Waals surface area (Å²) in [4.78, 5) is 31.1. The number of ether oxygens (including phenoxy) is 2. The highest BCUT2D eigenvalue weighted by molar-refractivity contribution is 6.07. The first-order chi connectivity index (χ1) is 14.9. The van der Waals surface area contributed by atoms with E-state index in [2.05, 4.69) is 44.8 Å². The first-order valence-electron chi connectivity index (χ1n) is 11.5. The van der Waals surface area contributed by atoms with Gasteiger partial charge in [-0.15, -0.1) is 0 Å². The molecule has 1 heterocycles. The maximum Gasteiger partial charge on any atom is 0.259 e. The van der Waals surface area contributed by atoms with Gasteiger partial charge in [0.1, 0.15) is 6.04 Å². The lowest BCUT2D eigenvalue weighted by atomic mass is 9.81. The van der Waals surface area contributed by atoms with E-state index in [0.717, 1.165) is 19.5 Å².